The molecule has 0 atom stereocenters. The Morgan fingerprint density at radius 2 is 1.95 bits per heavy atom. The van der Waals surface area contributed by atoms with Crippen molar-refractivity contribution in [2.45, 2.75) is 18.9 Å². The Morgan fingerprint density at radius 3 is 2.50 bits per heavy atom. The van der Waals surface area contributed by atoms with Crippen LogP contribution in [0.5, 0.6) is 5.75 Å². The molecule has 1 saturated heterocycles. The number of nitrogens with two attached hydrogens (primary N) is 1. The SMILES string of the molecule is COC1CCN(CCOc2ccc(C(N)=S)cc2)CC1. The Labute approximate surface area is 125 Å². The second-order valence-electron chi connectivity index (χ2n) is 5.01. The molecule has 1 heterocycles. The largest absolute Gasteiger partial charge is 0.492 e. The molecule has 0 amide bonds. The zero-order valence-electron chi connectivity index (χ0n) is 11.9. The number of ether oxygens (including phenoxy) is 2. The maximum absolute atomic E-state index is 5.74. The highest BCUT2D eigenvalue weighted by Crippen LogP contribution is 2.14. The summed E-state index contributed by atoms with van der Waals surface area (Å²) >= 11 is 4.92. The molecule has 0 aromatic heterocycles. The third-order valence-corrected chi connectivity index (χ3v) is 3.92. The maximum atomic E-state index is 5.74. The average Bonchev–Trinajstić information content (AvgIpc) is 2.48. The zero-order valence-corrected chi connectivity index (χ0v) is 12.7. The summed E-state index contributed by atoms with van der Waals surface area (Å²) in [5, 5.41) is 0. The predicted octanol–water partition coefficient (Wildman–Crippen LogP) is 1.81. The molecule has 2 N–H and O–H groups in total. The van der Waals surface area contributed by atoms with Crippen molar-refractivity contribution in [1.82, 2.24) is 4.90 Å². The smallest absolute Gasteiger partial charge is 0.119 e. The van der Waals surface area contributed by atoms with Crippen molar-refractivity contribution in [2.24, 2.45) is 5.73 Å². The van der Waals surface area contributed by atoms with Crippen molar-refractivity contribution < 1.29 is 9.47 Å². The number of piperidine rings is 1. The molecule has 4 nitrogen and oxygen atoms in total. The molecule has 1 aromatic carbocycles. The lowest BCUT2D eigenvalue weighted by molar-refractivity contribution is 0.0375. The van der Waals surface area contributed by atoms with Crippen molar-refractivity contribution in [3.63, 3.8) is 0 Å². The molecule has 1 aromatic rings. The van der Waals surface area contributed by atoms with Crippen LogP contribution in [-0.4, -0.2) is 49.3 Å². The van der Waals surface area contributed by atoms with Gasteiger partial charge in [-0.3, -0.25) is 4.90 Å². The second kappa shape index (κ2) is 7.57. The van der Waals surface area contributed by atoms with Crippen molar-refractivity contribution in [1.29, 1.82) is 0 Å². The van der Waals surface area contributed by atoms with Crippen molar-refractivity contribution in [2.75, 3.05) is 33.4 Å². The van der Waals surface area contributed by atoms with Crippen LogP contribution in [-0.2, 0) is 4.74 Å². The van der Waals surface area contributed by atoms with E-state index in [1.165, 1.54) is 0 Å². The fraction of sp³-hybridized carbons (Fsp3) is 0.533. The number of hydrogen-bond donors (Lipinski definition) is 1. The van der Waals surface area contributed by atoms with Gasteiger partial charge in [0.1, 0.15) is 17.3 Å². The summed E-state index contributed by atoms with van der Waals surface area (Å²) in [6, 6.07) is 7.60. The van der Waals surface area contributed by atoms with Crippen LogP contribution in [0.15, 0.2) is 24.3 Å². The molecule has 1 aliphatic rings. The van der Waals surface area contributed by atoms with Gasteiger partial charge in [0.2, 0.25) is 0 Å². The van der Waals surface area contributed by atoms with Crippen LogP contribution < -0.4 is 10.5 Å². The molecule has 110 valence electrons. The third kappa shape index (κ3) is 4.44. The summed E-state index contributed by atoms with van der Waals surface area (Å²) in [7, 11) is 1.79. The zero-order chi connectivity index (χ0) is 14.4. The molecule has 1 aliphatic heterocycles. The Morgan fingerprint density at radius 1 is 1.30 bits per heavy atom. The number of likely N-dealkylation sites (tertiary alicyclic amines) is 1. The van der Waals surface area contributed by atoms with Crippen molar-refractivity contribution in [3.05, 3.63) is 29.8 Å². The molecule has 2 rings (SSSR count). The van der Waals surface area contributed by atoms with Crippen molar-refractivity contribution >= 4 is 17.2 Å². The molecule has 0 spiro atoms. The first-order valence-corrected chi connectivity index (χ1v) is 7.37. The van der Waals surface area contributed by atoms with E-state index in [1.807, 2.05) is 24.3 Å². The van der Waals surface area contributed by atoms with Gasteiger partial charge in [-0.05, 0) is 37.1 Å². The average molecular weight is 294 g/mol. The van der Waals surface area contributed by atoms with Crippen LogP contribution in [0.25, 0.3) is 0 Å². The maximum Gasteiger partial charge on any atom is 0.119 e. The molecule has 0 aliphatic carbocycles. The molecule has 0 saturated carbocycles. The van der Waals surface area contributed by atoms with Gasteiger partial charge < -0.3 is 15.2 Å². The van der Waals surface area contributed by atoms with Gasteiger partial charge >= 0.3 is 0 Å². The molecule has 0 bridgehead atoms. The van der Waals surface area contributed by atoms with Gasteiger partial charge in [0.25, 0.3) is 0 Å². The molecule has 0 unspecified atom stereocenters. The van der Waals surface area contributed by atoms with Gasteiger partial charge in [-0.25, -0.2) is 0 Å². The van der Waals surface area contributed by atoms with E-state index in [2.05, 4.69) is 4.90 Å². The van der Waals surface area contributed by atoms with Gasteiger partial charge in [0, 0.05) is 32.3 Å². The lowest BCUT2D eigenvalue weighted by atomic mass is 10.1. The number of thiocarbonyl (C=S) groups is 1. The highest BCUT2D eigenvalue weighted by Gasteiger charge is 2.18. The lowest BCUT2D eigenvalue weighted by Crippen LogP contribution is -2.38. The number of rotatable bonds is 6. The first-order valence-electron chi connectivity index (χ1n) is 6.97. The Hall–Kier alpha value is -1.17. The second-order valence-corrected chi connectivity index (χ2v) is 5.45. The van der Waals surface area contributed by atoms with E-state index in [4.69, 9.17) is 27.4 Å². The predicted molar refractivity (Wildman–Crippen MR) is 84.3 cm³/mol. The van der Waals surface area contributed by atoms with E-state index >= 15 is 0 Å². The Balaban J connectivity index is 1.69. The number of nitrogens with zero attached hydrogens (tertiary/aromatic N) is 1. The normalized spacial score (nSPS) is 17.1. The van der Waals surface area contributed by atoms with E-state index in [9.17, 15) is 0 Å². The Bertz CT molecular complexity index is 428. The summed E-state index contributed by atoms with van der Waals surface area (Å²) in [5.74, 6) is 0.858. The van der Waals surface area contributed by atoms with Crippen molar-refractivity contribution in [3.8, 4) is 5.75 Å². The van der Waals surface area contributed by atoms with Gasteiger partial charge in [-0.1, -0.05) is 12.2 Å². The number of benzene rings is 1. The summed E-state index contributed by atoms with van der Waals surface area (Å²) < 4.78 is 11.1. The van der Waals surface area contributed by atoms with Gasteiger partial charge in [-0.15, -0.1) is 0 Å². The van der Waals surface area contributed by atoms with Gasteiger partial charge in [0.15, 0.2) is 0 Å². The quantitative estimate of drug-likeness (QED) is 0.811. The standard InChI is InChI=1S/C15H22N2O2S/c1-18-13-6-8-17(9-7-13)10-11-19-14-4-2-12(3-5-14)15(16)20/h2-5,13H,6-11H2,1H3,(H2,16,20). The Kier molecular flexibility index (Phi) is 5.76. The molecule has 20 heavy (non-hydrogen) atoms. The molecular formula is C15H22N2O2S. The van der Waals surface area contributed by atoms with Gasteiger partial charge in [0.05, 0.1) is 6.10 Å². The van der Waals surface area contributed by atoms with Crippen LogP contribution in [0, 0.1) is 0 Å². The van der Waals surface area contributed by atoms with E-state index in [0.717, 1.165) is 43.8 Å². The van der Waals surface area contributed by atoms with E-state index < -0.39 is 0 Å². The molecule has 0 radical (unpaired) electrons. The van der Waals surface area contributed by atoms with E-state index in [-0.39, 0.29) is 0 Å². The fourth-order valence-corrected chi connectivity index (χ4v) is 2.51. The summed E-state index contributed by atoms with van der Waals surface area (Å²) in [5.41, 5.74) is 6.43. The summed E-state index contributed by atoms with van der Waals surface area (Å²) in [6.07, 6.45) is 2.65. The van der Waals surface area contributed by atoms with Crippen LogP contribution >= 0.6 is 12.2 Å². The summed E-state index contributed by atoms with van der Waals surface area (Å²) in [4.78, 5) is 2.83. The first kappa shape index (κ1) is 15.2. The van der Waals surface area contributed by atoms with Crippen LogP contribution in [0.2, 0.25) is 0 Å². The van der Waals surface area contributed by atoms with Gasteiger partial charge in [-0.2, -0.15) is 0 Å². The minimum Gasteiger partial charge on any atom is -0.492 e. The monoisotopic (exact) mass is 294 g/mol. The first-order chi connectivity index (χ1) is 9.69. The van der Waals surface area contributed by atoms with Crippen LogP contribution in [0.3, 0.4) is 0 Å². The van der Waals surface area contributed by atoms with E-state index in [1.54, 1.807) is 7.11 Å². The van der Waals surface area contributed by atoms with Crippen LogP contribution in [0.1, 0.15) is 18.4 Å². The third-order valence-electron chi connectivity index (χ3n) is 3.68. The number of methoxy groups -OCH3 is 1. The topological polar surface area (TPSA) is 47.7 Å². The highest BCUT2D eigenvalue weighted by atomic mass is 32.1. The molecule has 5 heteroatoms. The molecular weight excluding hydrogens is 272 g/mol. The summed E-state index contributed by atoms with van der Waals surface area (Å²) in [6.45, 7) is 3.82. The minimum atomic E-state index is 0.414. The fourth-order valence-electron chi connectivity index (χ4n) is 2.38. The minimum absolute atomic E-state index is 0.414. The number of hydrogen-bond acceptors (Lipinski definition) is 4. The van der Waals surface area contributed by atoms with Crippen LogP contribution in [0.4, 0.5) is 0 Å². The van der Waals surface area contributed by atoms with E-state index in [0.29, 0.717) is 17.7 Å². The lowest BCUT2D eigenvalue weighted by Gasteiger charge is -2.30. The molecule has 1 fully saturated rings. The highest BCUT2D eigenvalue weighted by molar-refractivity contribution is 7.80.